The van der Waals surface area contributed by atoms with E-state index in [4.69, 9.17) is 0 Å². The summed E-state index contributed by atoms with van der Waals surface area (Å²) in [4.78, 5) is 192. The molecule has 0 aromatic rings. The van der Waals surface area contributed by atoms with Crippen LogP contribution >= 0.6 is 0 Å². The second kappa shape index (κ2) is 34.7. The van der Waals surface area contributed by atoms with Gasteiger partial charge in [0.15, 0.2) is 0 Å². The molecule has 0 aromatic heterocycles. The van der Waals surface area contributed by atoms with E-state index in [0.717, 1.165) is 40.4 Å². The number of nitrogens with one attached hydrogen (secondary N) is 3. The summed E-state index contributed by atoms with van der Waals surface area (Å²) in [6, 6.07) is -10.4. The summed E-state index contributed by atoms with van der Waals surface area (Å²) in [5.74, 6) is -12.6. The Kier molecular flexibility index (Phi) is 28.1. The Morgan fingerprint density at radius 2 is 1.28 bits per heavy atom. The minimum Gasteiger partial charge on any atom is -0.347 e. The standard InChI is InChI=1S/C75H119F5N12O12/c1-17-22-52-63(96)82-62(46(6)18-2)70(103)86(12)40-60(95)88(14)53-23-20-19-21-32-91(69(53)102)56(36-47-26-24-45(5)25-27-47)67(100)85(11)39-58(93)81-51(29-28-48-34-49(76)61(50(77)35-48)75(78,79)80)65(98)92-43-73(30-31-73)38-57(92)64(97)83-74(41-72(7,8)42-74)71(104)90(16)54(33-44(3)4)68(101)89(15)55(66(99)84(9)10)37-59(94)87(52)13/h19-20,44-57,61-62H,17-18,21-43H2,1-16H3,(H,81,93)(H,82,96)(H,83,97)/b20-19-/t45?,46-,47?,48?,49?,50?,51-,52-,53-,54-,55-,56-,57-,61?,62-/m0/s1. The summed E-state index contributed by atoms with van der Waals surface area (Å²) >= 11 is 0. The first-order chi connectivity index (χ1) is 48.5. The second-order valence-electron chi connectivity index (χ2n) is 33.4. The fourth-order valence-electron chi connectivity index (χ4n) is 17.1. The summed E-state index contributed by atoms with van der Waals surface area (Å²) in [7, 11) is 11.3. The summed E-state index contributed by atoms with van der Waals surface area (Å²) in [6.45, 7) is 13.8. The molecule has 2 unspecified atom stereocenters. The number of carbonyl (C=O) groups excluding carboxylic acids is 12. The zero-order valence-corrected chi connectivity index (χ0v) is 64.4. The van der Waals surface area contributed by atoms with Crippen molar-refractivity contribution in [2.24, 2.45) is 46.3 Å². The minimum absolute atomic E-state index is 0.0156. The van der Waals surface area contributed by atoms with Crippen LogP contribution in [-0.4, -0.2) is 270 Å². The molecule has 24 nitrogen and oxygen atoms in total. The molecular formula is C75H119F5N12O12. The molecule has 11 atom stereocenters. The van der Waals surface area contributed by atoms with Crippen LogP contribution in [0.4, 0.5) is 22.0 Å². The molecule has 586 valence electrons. The number of nitrogens with zero attached hydrogens (tertiary/aromatic N) is 9. The first-order valence-electron chi connectivity index (χ1n) is 37.8. The van der Waals surface area contributed by atoms with E-state index in [1.165, 1.54) is 85.8 Å². The minimum atomic E-state index is -5.16. The van der Waals surface area contributed by atoms with E-state index < -0.39 is 204 Å². The molecule has 104 heavy (non-hydrogen) atoms. The number of fused-ring (bicyclic) bond motifs is 3. The molecule has 6 fully saturated rings. The van der Waals surface area contributed by atoms with Gasteiger partial charge in [-0.05, 0) is 130 Å². The number of alkyl halides is 5. The highest BCUT2D eigenvalue weighted by Crippen LogP contribution is 2.56. The van der Waals surface area contributed by atoms with Crippen LogP contribution in [0.5, 0.6) is 0 Å². The van der Waals surface area contributed by atoms with Crippen molar-refractivity contribution in [1.29, 1.82) is 0 Å². The first-order valence-corrected chi connectivity index (χ1v) is 37.8. The van der Waals surface area contributed by atoms with Crippen molar-refractivity contribution in [3.8, 4) is 0 Å². The Morgan fingerprint density at radius 3 is 1.84 bits per heavy atom. The Balaban J connectivity index is 1.32. The van der Waals surface area contributed by atoms with Crippen molar-refractivity contribution >= 4 is 70.9 Å². The molecule has 0 radical (unpaired) electrons. The number of rotatable bonds is 12. The maximum Gasteiger partial charge on any atom is 0.397 e. The lowest BCUT2D eigenvalue weighted by Crippen LogP contribution is -2.71. The summed E-state index contributed by atoms with van der Waals surface area (Å²) in [5, 5.41) is 8.68. The fourth-order valence-corrected chi connectivity index (χ4v) is 17.1. The Hall–Kier alpha value is -6.97. The zero-order chi connectivity index (χ0) is 77.6. The molecule has 7 rings (SSSR count). The van der Waals surface area contributed by atoms with Crippen molar-refractivity contribution in [2.75, 3.05) is 82.6 Å². The Morgan fingerprint density at radius 1 is 0.663 bits per heavy atom. The van der Waals surface area contributed by atoms with Gasteiger partial charge in [0.2, 0.25) is 70.9 Å². The van der Waals surface area contributed by atoms with Gasteiger partial charge in [-0.2, -0.15) is 13.2 Å². The smallest absolute Gasteiger partial charge is 0.347 e. The van der Waals surface area contributed by atoms with Crippen LogP contribution in [-0.2, 0) is 57.5 Å². The van der Waals surface area contributed by atoms with Gasteiger partial charge < -0.3 is 60.0 Å². The number of carbonyl (C=O) groups is 12. The van der Waals surface area contributed by atoms with E-state index in [1.807, 2.05) is 40.7 Å². The third-order valence-electron chi connectivity index (χ3n) is 23.7. The highest BCUT2D eigenvalue weighted by Gasteiger charge is 2.61. The predicted octanol–water partition coefficient (Wildman–Crippen LogP) is 6.43. The number of amides is 12. The first kappa shape index (κ1) is 84.3. The van der Waals surface area contributed by atoms with Crippen LogP contribution in [0.15, 0.2) is 12.2 Å². The van der Waals surface area contributed by atoms with Gasteiger partial charge in [-0.15, -0.1) is 0 Å². The monoisotopic (exact) mass is 1470 g/mol. The van der Waals surface area contributed by atoms with E-state index in [0.29, 0.717) is 38.0 Å². The highest BCUT2D eigenvalue weighted by molar-refractivity contribution is 6.01. The SMILES string of the molecule is CCC[C@H]1C(=O)N[C@@H]([C@@H](C)CC)C(=O)N(C)CC(=O)N(C)[C@H]2C/C=C\CCN(C2=O)[C@@H](CC2CCC(C)CC2)C(=O)N(C)CC(=O)N[C@@H](CCC2CC(F)C(C(F)(F)F)C(F)C2)C(=O)N2CC3(CC3)C[C@H]2C(=O)NC2(CC(C)(C)C2)C(=O)N(C)[C@@H](CC(C)C)C(=O)N(C)[C@H](C(=O)N(C)C)CC(=O)N1C. The summed E-state index contributed by atoms with van der Waals surface area (Å²) in [6.07, 6.45) is -3.21. The van der Waals surface area contributed by atoms with Gasteiger partial charge in [0.1, 0.15) is 72.1 Å². The lowest BCUT2D eigenvalue weighted by molar-refractivity contribution is -0.219. The van der Waals surface area contributed by atoms with Crippen LogP contribution in [0.25, 0.3) is 0 Å². The van der Waals surface area contributed by atoms with E-state index >= 15 is 37.5 Å². The van der Waals surface area contributed by atoms with E-state index in [-0.39, 0.29) is 82.7 Å². The molecular weight excluding hydrogens is 1360 g/mol. The molecule has 3 aliphatic heterocycles. The van der Waals surface area contributed by atoms with Crippen LogP contribution < -0.4 is 16.0 Å². The summed E-state index contributed by atoms with van der Waals surface area (Å²) < 4.78 is 72.9. The molecule has 3 heterocycles. The predicted molar refractivity (Wildman–Crippen MR) is 379 cm³/mol. The molecule has 2 bridgehead atoms. The number of likely N-dealkylation sites (N-methyl/N-ethyl adjacent to an activating group) is 7. The van der Waals surface area contributed by atoms with Gasteiger partial charge >= 0.3 is 6.18 Å². The van der Waals surface area contributed by atoms with Crippen molar-refractivity contribution in [3.63, 3.8) is 0 Å². The van der Waals surface area contributed by atoms with Gasteiger partial charge in [-0.1, -0.05) is 106 Å². The quantitative estimate of drug-likeness (QED) is 0.141. The number of hydrogen-bond donors (Lipinski definition) is 3. The molecule has 12 amide bonds. The molecule has 29 heteroatoms. The zero-order valence-electron chi connectivity index (χ0n) is 64.4. The third kappa shape index (κ3) is 20.0. The summed E-state index contributed by atoms with van der Waals surface area (Å²) in [5.41, 5.74) is -2.78. The van der Waals surface area contributed by atoms with Crippen LogP contribution in [0.2, 0.25) is 0 Å². The largest absolute Gasteiger partial charge is 0.397 e. The van der Waals surface area contributed by atoms with Crippen LogP contribution in [0, 0.1) is 46.3 Å². The van der Waals surface area contributed by atoms with E-state index in [1.54, 1.807) is 19.9 Å². The molecule has 2 spiro atoms. The molecule has 3 N–H and O–H groups in total. The van der Waals surface area contributed by atoms with Gasteiger partial charge in [0, 0.05) is 69.5 Å². The topological polar surface area (TPSA) is 270 Å². The highest BCUT2D eigenvalue weighted by atomic mass is 19.4. The molecule has 0 aromatic carbocycles. The number of halogens is 5. The van der Waals surface area contributed by atoms with Crippen LogP contribution in [0.3, 0.4) is 0 Å². The maximum atomic E-state index is 15.6. The number of hydrogen-bond acceptors (Lipinski definition) is 12. The molecule has 4 saturated carbocycles. The van der Waals surface area contributed by atoms with Crippen LogP contribution in [0.1, 0.15) is 190 Å². The van der Waals surface area contributed by atoms with Crippen molar-refractivity contribution in [3.05, 3.63) is 12.2 Å². The molecule has 7 aliphatic rings. The average molecular weight is 1480 g/mol. The Bertz CT molecular complexity index is 3160. The fraction of sp³-hybridized carbons (Fsp3) is 0.813. The third-order valence-corrected chi connectivity index (χ3v) is 23.7. The normalized spacial score (nSPS) is 32.3. The van der Waals surface area contributed by atoms with Crippen molar-refractivity contribution < 1.29 is 79.5 Å². The van der Waals surface area contributed by atoms with Crippen molar-refractivity contribution in [1.82, 2.24) is 60.0 Å². The molecule has 2 saturated heterocycles. The van der Waals surface area contributed by atoms with E-state index in [2.05, 4.69) is 22.9 Å². The lowest BCUT2D eigenvalue weighted by Gasteiger charge is -2.54. The van der Waals surface area contributed by atoms with Gasteiger partial charge in [-0.3, -0.25) is 57.5 Å². The average Bonchev–Trinajstić information content (AvgIpc) is 1.34. The van der Waals surface area contributed by atoms with Gasteiger partial charge in [0.25, 0.3) is 0 Å². The Labute approximate surface area is 611 Å². The lowest BCUT2D eigenvalue weighted by atomic mass is 9.58. The van der Waals surface area contributed by atoms with Crippen molar-refractivity contribution in [2.45, 2.75) is 263 Å². The second-order valence-corrected chi connectivity index (χ2v) is 33.4. The molecule has 4 aliphatic carbocycles. The van der Waals surface area contributed by atoms with Gasteiger partial charge in [-0.25, -0.2) is 8.78 Å². The van der Waals surface area contributed by atoms with Gasteiger partial charge in [0.05, 0.1) is 19.5 Å². The van der Waals surface area contributed by atoms with E-state index in [9.17, 15) is 41.9 Å². The maximum absolute atomic E-state index is 15.6.